The van der Waals surface area contributed by atoms with Gasteiger partial charge in [-0.05, 0) is 43.7 Å². The molecule has 1 aliphatic heterocycles. The molecular weight excluding hydrogens is 404 g/mol. The first-order chi connectivity index (χ1) is 15.2. The molecule has 0 radical (unpaired) electrons. The van der Waals surface area contributed by atoms with Gasteiger partial charge in [0, 0.05) is 32.9 Å². The highest BCUT2D eigenvalue weighted by Crippen LogP contribution is 2.29. The fourth-order valence-electron chi connectivity index (χ4n) is 3.27. The molecule has 2 amide bonds. The van der Waals surface area contributed by atoms with Gasteiger partial charge in [-0.25, -0.2) is 4.98 Å². The molecule has 0 aromatic carbocycles. The highest BCUT2D eigenvalue weighted by molar-refractivity contribution is 6.05. The first kappa shape index (κ1) is 27.5. The SMILES string of the molecule is CCCCC(C)(C)CC.CNC(=O)c1oc2nc(C)ccc2c1NC.O=CN1CCCC1. The van der Waals surface area contributed by atoms with Crippen molar-refractivity contribution in [3.8, 4) is 0 Å². The first-order valence-corrected chi connectivity index (χ1v) is 11.7. The van der Waals surface area contributed by atoms with E-state index < -0.39 is 0 Å². The van der Waals surface area contributed by atoms with E-state index in [9.17, 15) is 9.59 Å². The summed E-state index contributed by atoms with van der Waals surface area (Å²) >= 11 is 0. The van der Waals surface area contributed by atoms with E-state index in [0.29, 0.717) is 16.8 Å². The summed E-state index contributed by atoms with van der Waals surface area (Å²) in [5.74, 6) is -0.00176. The second-order valence-corrected chi connectivity index (χ2v) is 8.91. The maximum absolute atomic E-state index is 11.6. The fraction of sp³-hybridized carbons (Fsp3) is 0.640. The Hall–Kier alpha value is -2.57. The molecule has 3 rings (SSSR count). The van der Waals surface area contributed by atoms with E-state index >= 15 is 0 Å². The lowest BCUT2D eigenvalue weighted by molar-refractivity contribution is -0.117. The molecular formula is C25H42N4O3. The number of carbonyl (C=O) groups is 2. The number of nitrogens with zero attached hydrogens (tertiary/aromatic N) is 2. The van der Waals surface area contributed by atoms with Crippen LogP contribution >= 0.6 is 0 Å². The summed E-state index contributed by atoms with van der Waals surface area (Å²) in [5.41, 5.74) is 2.59. The maximum atomic E-state index is 11.6. The van der Waals surface area contributed by atoms with Crippen LogP contribution in [0.3, 0.4) is 0 Å². The highest BCUT2D eigenvalue weighted by atomic mass is 16.4. The number of furan rings is 1. The van der Waals surface area contributed by atoms with Crippen LogP contribution in [-0.2, 0) is 4.79 Å². The molecule has 1 saturated heterocycles. The van der Waals surface area contributed by atoms with Gasteiger partial charge < -0.3 is 20.0 Å². The molecule has 3 heterocycles. The van der Waals surface area contributed by atoms with Gasteiger partial charge in [0.15, 0.2) is 0 Å². The summed E-state index contributed by atoms with van der Waals surface area (Å²) in [7, 11) is 3.31. The van der Waals surface area contributed by atoms with Crippen LogP contribution in [0.1, 0.15) is 82.5 Å². The van der Waals surface area contributed by atoms with Gasteiger partial charge in [0.25, 0.3) is 5.91 Å². The molecule has 0 aliphatic carbocycles. The van der Waals surface area contributed by atoms with Gasteiger partial charge in [0.2, 0.25) is 17.9 Å². The second kappa shape index (κ2) is 13.8. The highest BCUT2D eigenvalue weighted by Gasteiger charge is 2.19. The van der Waals surface area contributed by atoms with Crippen molar-refractivity contribution in [2.75, 3.05) is 32.5 Å². The molecule has 1 aliphatic rings. The topological polar surface area (TPSA) is 87.5 Å². The third-order valence-corrected chi connectivity index (χ3v) is 5.83. The predicted octanol–water partition coefficient (Wildman–Crippen LogP) is 5.39. The number of aromatic nitrogens is 1. The molecule has 7 nitrogen and oxygen atoms in total. The number of hydrogen-bond acceptors (Lipinski definition) is 5. The Balaban J connectivity index is 0.000000270. The number of pyridine rings is 1. The molecule has 0 atom stereocenters. The van der Waals surface area contributed by atoms with Gasteiger partial charge >= 0.3 is 0 Å². The van der Waals surface area contributed by atoms with Crippen molar-refractivity contribution in [2.24, 2.45) is 5.41 Å². The average molecular weight is 447 g/mol. The Labute approximate surface area is 193 Å². The van der Waals surface area contributed by atoms with Crippen molar-refractivity contribution >= 4 is 29.1 Å². The Morgan fingerprint density at radius 1 is 1.22 bits per heavy atom. The van der Waals surface area contributed by atoms with Gasteiger partial charge in [-0.1, -0.05) is 47.0 Å². The van der Waals surface area contributed by atoms with Crippen molar-refractivity contribution in [1.29, 1.82) is 0 Å². The van der Waals surface area contributed by atoms with E-state index in [-0.39, 0.29) is 11.7 Å². The van der Waals surface area contributed by atoms with Crippen molar-refractivity contribution < 1.29 is 14.0 Å². The third-order valence-electron chi connectivity index (χ3n) is 5.83. The molecule has 180 valence electrons. The van der Waals surface area contributed by atoms with Crippen LogP contribution in [0.25, 0.3) is 11.1 Å². The van der Waals surface area contributed by atoms with Gasteiger partial charge in [0.1, 0.15) is 0 Å². The summed E-state index contributed by atoms with van der Waals surface area (Å²) in [6.45, 7) is 13.1. The zero-order chi connectivity index (χ0) is 24.1. The molecule has 1 fully saturated rings. The van der Waals surface area contributed by atoms with E-state index in [4.69, 9.17) is 4.42 Å². The van der Waals surface area contributed by atoms with Gasteiger partial charge in [-0.3, -0.25) is 9.59 Å². The van der Waals surface area contributed by atoms with Crippen molar-refractivity contribution in [3.63, 3.8) is 0 Å². The van der Waals surface area contributed by atoms with E-state index in [1.165, 1.54) is 38.5 Å². The minimum atomic E-state index is -0.264. The Morgan fingerprint density at radius 3 is 2.34 bits per heavy atom. The van der Waals surface area contributed by atoms with Crippen LogP contribution in [0.5, 0.6) is 0 Å². The smallest absolute Gasteiger partial charge is 0.289 e. The maximum Gasteiger partial charge on any atom is 0.289 e. The number of anilines is 1. The lowest BCUT2D eigenvalue weighted by Gasteiger charge is -2.21. The first-order valence-electron chi connectivity index (χ1n) is 11.7. The Kier molecular flexibility index (Phi) is 11.8. The number of unbranched alkanes of at least 4 members (excludes halogenated alkanes) is 1. The van der Waals surface area contributed by atoms with Crippen molar-refractivity contribution in [1.82, 2.24) is 15.2 Å². The molecule has 2 aromatic heterocycles. The molecule has 7 heteroatoms. The van der Waals surface area contributed by atoms with E-state index in [1.54, 1.807) is 19.0 Å². The fourth-order valence-corrected chi connectivity index (χ4v) is 3.27. The number of rotatable bonds is 7. The predicted molar refractivity (Wildman–Crippen MR) is 132 cm³/mol. The minimum absolute atomic E-state index is 0.262. The van der Waals surface area contributed by atoms with Crippen LogP contribution in [0.2, 0.25) is 0 Å². The summed E-state index contributed by atoms with van der Waals surface area (Å²) in [6.07, 6.45) is 8.74. The summed E-state index contributed by atoms with van der Waals surface area (Å²) in [6, 6.07) is 3.77. The van der Waals surface area contributed by atoms with Crippen LogP contribution < -0.4 is 10.6 Å². The molecule has 2 N–H and O–H groups in total. The van der Waals surface area contributed by atoms with E-state index in [2.05, 4.69) is 43.3 Å². The summed E-state index contributed by atoms with van der Waals surface area (Å²) < 4.78 is 5.44. The molecule has 0 saturated carbocycles. The van der Waals surface area contributed by atoms with Crippen LogP contribution in [0.15, 0.2) is 16.5 Å². The van der Waals surface area contributed by atoms with Gasteiger partial charge in [-0.15, -0.1) is 0 Å². The number of hydrogen-bond donors (Lipinski definition) is 2. The zero-order valence-electron chi connectivity index (χ0n) is 21.0. The van der Waals surface area contributed by atoms with E-state index in [1.807, 2.05) is 19.1 Å². The summed E-state index contributed by atoms with van der Waals surface area (Å²) in [5, 5.41) is 6.30. The number of likely N-dealkylation sites (tertiary alicyclic amines) is 1. The van der Waals surface area contributed by atoms with Gasteiger partial charge in [-0.2, -0.15) is 0 Å². The third kappa shape index (κ3) is 8.52. The van der Waals surface area contributed by atoms with Crippen LogP contribution in [0.4, 0.5) is 5.69 Å². The standard InChI is InChI=1S/C11H13N3O2.C9H20.C5H9NO/c1-6-4-5-7-8(12-2)9(10(15)13-3)16-11(7)14-6;1-5-7-8-9(3,4)6-2;7-5-6-3-1-2-4-6/h4-5,12H,1-3H3,(H,13,15);5-8H2,1-4H3;5H,1-4H2. The summed E-state index contributed by atoms with van der Waals surface area (Å²) in [4.78, 5) is 27.5. The molecule has 0 unspecified atom stereocenters. The molecule has 2 aromatic rings. The number of amides is 2. The second-order valence-electron chi connectivity index (χ2n) is 8.91. The van der Waals surface area contributed by atoms with Crippen molar-refractivity contribution in [3.05, 3.63) is 23.6 Å². The quantitative estimate of drug-likeness (QED) is 0.557. The zero-order valence-corrected chi connectivity index (χ0v) is 21.0. The molecule has 0 spiro atoms. The number of nitrogens with one attached hydrogen (secondary N) is 2. The van der Waals surface area contributed by atoms with E-state index in [0.717, 1.165) is 30.6 Å². The molecule has 0 bridgehead atoms. The number of carbonyl (C=O) groups excluding carboxylic acids is 2. The van der Waals surface area contributed by atoms with Crippen LogP contribution in [0, 0.1) is 12.3 Å². The van der Waals surface area contributed by atoms with Crippen molar-refractivity contribution in [2.45, 2.75) is 73.1 Å². The monoisotopic (exact) mass is 446 g/mol. The normalized spacial score (nSPS) is 13.0. The Morgan fingerprint density at radius 2 is 1.88 bits per heavy atom. The van der Waals surface area contributed by atoms with Crippen LogP contribution in [-0.4, -0.2) is 49.4 Å². The largest absolute Gasteiger partial charge is 0.430 e. The lowest BCUT2D eigenvalue weighted by atomic mass is 9.85. The van der Waals surface area contributed by atoms with Gasteiger partial charge in [0.05, 0.1) is 11.1 Å². The Bertz CT molecular complexity index is 839. The number of fused-ring (bicyclic) bond motifs is 1. The minimum Gasteiger partial charge on any atom is -0.430 e. The lowest BCUT2D eigenvalue weighted by Crippen LogP contribution is -2.18. The molecule has 32 heavy (non-hydrogen) atoms. The average Bonchev–Trinajstić information content (AvgIpc) is 3.45. The number of aryl methyl sites for hydroxylation is 1.